The molecule has 3 unspecified atom stereocenters. The predicted molar refractivity (Wildman–Crippen MR) is 65.9 cm³/mol. The SMILES string of the molecule is CC12CCC(O)OC1C(C)(C)C1(CC2)OCCO1. The van der Waals surface area contributed by atoms with Gasteiger partial charge in [0.15, 0.2) is 12.1 Å². The van der Waals surface area contributed by atoms with E-state index in [1.54, 1.807) is 0 Å². The van der Waals surface area contributed by atoms with Crippen LogP contribution in [0.5, 0.6) is 0 Å². The summed E-state index contributed by atoms with van der Waals surface area (Å²) in [6.07, 6.45) is 3.05. The summed E-state index contributed by atoms with van der Waals surface area (Å²) in [6.45, 7) is 7.90. The maximum Gasteiger partial charge on any atom is 0.176 e. The molecule has 3 aliphatic rings. The van der Waals surface area contributed by atoms with Gasteiger partial charge in [-0.2, -0.15) is 0 Å². The highest BCUT2D eigenvalue weighted by atomic mass is 16.7. The normalized spacial score (nSPS) is 46.0. The van der Waals surface area contributed by atoms with Crippen molar-refractivity contribution in [3.8, 4) is 0 Å². The first-order valence-electron chi connectivity index (χ1n) is 7.01. The van der Waals surface area contributed by atoms with Gasteiger partial charge >= 0.3 is 0 Å². The van der Waals surface area contributed by atoms with Crippen LogP contribution in [-0.2, 0) is 14.2 Å². The highest BCUT2D eigenvalue weighted by molar-refractivity contribution is 5.08. The fourth-order valence-corrected chi connectivity index (χ4v) is 4.21. The highest BCUT2D eigenvalue weighted by Crippen LogP contribution is 2.59. The van der Waals surface area contributed by atoms with Crippen molar-refractivity contribution in [1.82, 2.24) is 0 Å². The molecule has 18 heavy (non-hydrogen) atoms. The lowest BCUT2D eigenvalue weighted by Crippen LogP contribution is -2.64. The van der Waals surface area contributed by atoms with Crippen molar-refractivity contribution in [2.75, 3.05) is 13.2 Å². The molecule has 0 bridgehead atoms. The van der Waals surface area contributed by atoms with E-state index in [4.69, 9.17) is 14.2 Å². The molecule has 3 rings (SSSR count). The van der Waals surface area contributed by atoms with Crippen LogP contribution >= 0.6 is 0 Å². The molecule has 1 spiro atoms. The Morgan fingerprint density at radius 1 is 1.00 bits per heavy atom. The Hall–Kier alpha value is -0.160. The lowest BCUT2D eigenvalue weighted by molar-refractivity contribution is -0.338. The molecule has 1 aliphatic carbocycles. The molecule has 4 nitrogen and oxygen atoms in total. The van der Waals surface area contributed by atoms with Gasteiger partial charge in [-0.3, -0.25) is 0 Å². The van der Waals surface area contributed by atoms with Crippen molar-refractivity contribution < 1.29 is 19.3 Å². The second-order valence-corrected chi connectivity index (χ2v) is 6.83. The minimum absolute atomic E-state index is 0.0133. The zero-order chi connectivity index (χ0) is 13.0. The van der Waals surface area contributed by atoms with Crippen molar-refractivity contribution in [3.63, 3.8) is 0 Å². The first-order chi connectivity index (χ1) is 8.40. The number of hydrogen-bond donors (Lipinski definition) is 1. The number of fused-ring (bicyclic) bond motifs is 1. The van der Waals surface area contributed by atoms with Gasteiger partial charge in [0.25, 0.3) is 0 Å². The Kier molecular flexibility index (Phi) is 2.80. The van der Waals surface area contributed by atoms with E-state index in [1.165, 1.54) is 0 Å². The van der Waals surface area contributed by atoms with Crippen molar-refractivity contribution in [1.29, 1.82) is 0 Å². The third-order valence-corrected chi connectivity index (χ3v) is 5.30. The molecular formula is C14H24O4. The molecule has 0 aromatic heterocycles. The molecule has 0 amide bonds. The largest absolute Gasteiger partial charge is 0.368 e. The zero-order valence-corrected chi connectivity index (χ0v) is 11.6. The Labute approximate surface area is 109 Å². The van der Waals surface area contributed by atoms with Gasteiger partial charge in [0, 0.05) is 11.8 Å². The minimum Gasteiger partial charge on any atom is -0.368 e. The van der Waals surface area contributed by atoms with E-state index in [0.717, 1.165) is 25.7 Å². The third kappa shape index (κ3) is 1.59. The van der Waals surface area contributed by atoms with Crippen LogP contribution in [0.3, 0.4) is 0 Å². The number of ether oxygens (including phenoxy) is 3. The lowest BCUT2D eigenvalue weighted by atomic mass is 9.56. The van der Waals surface area contributed by atoms with Crippen LogP contribution < -0.4 is 0 Å². The average Bonchev–Trinajstić information content (AvgIpc) is 2.79. The van der Waals surface area contributed by atoms with Gasteiger partial charge in [0.2, 0.25) is 0 Å². The zero-order valence-electron chi connectivity index (χ0n) is 11.6. The summed E-state index contributed by atoms with van der Waals surface area (Å²) in [7, 11) is 0. The van der Waals surface area contributed by atoms with Crippen molar-refractivity contribution >= 4 is 0 Å². The molecule has 3 fully saturated rings. The van der Waals surface area contributed by atoms with Crippen molar-refractivity contribution in [3.05, 3.63) is 0 Å². The minimum atomic E-state index is -0.640. The Morgan fingerprint density at radius 3 is 2.33 bits per heavy atom. The standard InChI is InChI=1S/C14H24O4/c1-12(2)11-13(3,5-4-10(15)18-11)6-7-14(12)16-8-9-17-14/h10-11,15H,4-9H2,1-3H3. The summed E-state index contributed by atoms with van der Waals surface area (Å²) in [4.78, 5) is 0. The van der Waals surface area contributed by atoms with E-state index in [9.17, 15) is 5.11 Å². The van der Waals surface area contributed by atoms with Crippen LogP contribution in [0.2, 0.25) is 0 Å². The maximum absolute atomic E-state index is 9.82. The molecular weight excluding hydrogens is 232 g/mol. The number of aliphatic hydroxyl groups is 1. The molecule has 0 aromatic carbocycles. The van der Waals surface area contributed by atoms with Crippen molar-refractivity contribution in [2.24, 2.45) is 10.8 Å². The Bertz CT molecular complexity index is 335. The van der Waals surface area contributed by atoms with E-state index >= 15 is 0 Å². The molecule has 2 saturated heterocycles. The molecule has 0 aromatic rings. The number of aliphatic hydroxyl groups excluding tert-OH is 1. The topological polar surface area (TPSA) is 47.9 Å². The van der Waals surface area contributed by atoms with Gasteiger partial charge in [0.1, 0.15) is 0 Å². The summed E-state index contributed by atoms with van der Waals surface area (Å²) >= 11 is 0. The first kappa shape index (κ1) is 12.9. The Balaban J connectivity index is 1.94. The fraction of sp³-hybridized carbons (Fsp3) is 1.00. The van der Waals surface area contributed by atoms with E-state index < -0.39 is 12.1 Å². The summed E-state index contributed by atoms with van der Waals surface area (Å²) < 4.78 is 17.8. The number of rotatable bonds is 0. The van der Waals surface area contributed by atoms with Crippen LogP contribution in [0.25, 0.3) is 0 Å². The predicted octanol–water partition coefficient (Wildman–Crippen LogP) is 2.05. The molecule has 1 N–H and O–H groups in total. The summed E-state index contributed by atoms with van der Waals surface area (Å²) in [5.41, 5.74) is -0.110. The lowest BCUT2D eigenvalue weighted by Gasteiger charge is -2.59. The van der Waals surface area contributed by atoms with Crippen LogP contribution in [0.15, 0.2) is 0 Å². The van der Waals surface area contributed by atoms with E-state index in [2.05, 4.69) is 20.8 Å². The quantitative estimate of drug-likeness (QED) is 0.720. The van der Waals surface area contributed by atoms with Gasteiger partial charge in [-0.15, -0.1) is 0 Å². The second kappa shape index (κ2) is 3.92. The average molecular weight is 256 g/mol. The number of hydrogen-bond acceptors (Lipinski definition) is 4. The molecule has 0 radical (unpaired) electrons. The fourth-order valence-electron chi connectivity index (χ4n) is 4.21. The highest BCUT2D eigenvalue weighted by Gasteiger charge is 2.64. The molecule has 2 heterocycles. The van der Waals surface area contributed by atoms with Gasteiger partial charge in [0.05, 0.1) is 19.3 Å². The van der Waals surface area contributed by atoms with E-state index in [1.807, 2.05) is 0 Å². The molecule has 2 aliphatic heterocycles. The maximum atomic E-state index is 9.82. The second-order valence-electron chi connectivity index (χ2n) is 6.83. The smallest absolute Gasteiger partial charge is 0.176 e. The molecule has 1 saturated carbocycles. The molecule has 4 heteroatoms. The van der Waals surface area contributed by atoms with Gasteiger partial charge < -0.3 is 19.3 Å². The van der Waals surface area contributed by atoms with E-state index in [-0.39, 0.29) is 16.9 Å². The summed E-state index contributed by atoms with van der Waals surface area (Å²) in [5, 5.41) is 9.82. The Morgan fingerprint density at radius 2 is 1.67 bits per heavy atom. The van der Waals surface area contributed by atoms with Gasteiger partial charge in [-0.1, -0.05) is 20.8 Å². The first-order valence-corrected chi connectivity index (χ1v) is 7.01. The molecule has 3 atom stereocenters. The van der Waals surface area contributed by atoms with Gasteiger partial charge in [-0.05, 0) is 24.7 Å². The van der Waals surface area contributed by atoms with Crippen molar-refractivity contribution in [2.45, 2.75) is 64.6 Å². The molecule has 104 valence electrons. The van der Waals surface area contributed by atoms with E-state index in [0.29, 0.717) is 13.2 Å². The summed E-state index contributed by atoms with van der Waals surface area (Å²) in [6, 6.07) is 0. The van der Waals surface area contributed by atoms with Crippen LogP contribution in [0.1, 0.15) is 46.5 Å². The summed E-state index contributed by atoms with van der Waals surface area (Å²) in [5.74, 6) is -0.520. The van der Waals surface area contributed by atoms with Crippen LogP contribution in [0, 0.1) is 10.8 Å². The monoisotopic (exact) mass is 256 g/mol. The third-order valence-electron chi connectivity index (χ3n) is 5.30. The van der Waals surface area contributed by atoms with Crippen LogP contribution in [0.4, 0.5) is 0 Å². The van der Waals surface area contributed by atoms with Gasteiger partial charge in [-0.25, -0.2) is 0 Å². The van der Waals surface area contributed by atoms with Crippen LogP contribution in [-0.4, -0.2) is 36.5 Å².